The summed E-state index contributed by atoms with van der Waals surface area (Å²) in [6, 6.07) is 0. The monoisotopic (exact) mass is 210 g/mol. The van der Waals surface area contributed by atoms with Gasteiger partial charge in [-0.1, -0.05) is 32.6 Å². The van der Waals surface area contributed by atoms with E-state index in [4.69, 9.17) is 4.74 Å². The highest BCUT2D eigenvalue weighted by atomic mass is 16.6. The van der Waals surface area contributed by atoms with Crippen LogP contribution < -0.4 is 0 Å². The van der Waals surface area contributed by atoms with Gasteiger partial charge in [0.2, 0.25) is 0 Å². The van der Waals surface area contributed by atoms with Crippen molar-refractivity contribution in [3.63, 3.8) is 0 Å². The summed E-state index contributed by atoms with van der Waals surface area (Å²) in [5, 5.41) is 0. The van der Waals surface area contributed by atoms with E-state index in [1.165, 1.54) is 12.8 Å². The maximum atomic E-state index is 11.4. The second-order valence-electron chi connectivity index (χ2n) is 4.92. The van der Waals surface area contributed by atoms with Gasteiger partial charge in [-0.15, -0.1) is 0 Å². The van der Waals surface area contributed by atoms with Gasteiger partial charge in [-0.3, -0.25) is 9.59 Å². The quantitative estimate of drug-likeness (QED) is 0.455. The number of cyclic esters (lactones) is 2. The number of fused-ring (bicyclic) bond motifs is 1. The molecule has 2 unspecified atom stereocenters. The first-order chi connectivity index (χ1) is 7.18. The molecule has 15 heavy (non-hydrogen) atoms. The van der Waals surface area contributed by atoms with Crippen molar-refractivity contribution in [2.75, 3.05) is 0 Å². The Kier molecular flexibility index (Phi) is 3.08. The van der Waals surface area contributed by atoms with Gasteiger partial charge in [0.05, 0.1) is 11.8 Å². The molecule has 0 spiro atoms. The number of esters is 2. The van der Waals surface area contributed by atoms with Gasteiger partial charge in [0, 0.05) is 0 Å². The van der Waals surface area contributed by atoms with Gasteiger partial charge in [-0.2, -0.15) is 0 Å². The molecule has 0 N–H and O–H groups in total. The molecular weight excluding hydrogens is 192 g/mol. The summed E-state index contributed by atoms with van der Waals surface area (Å²) in [6.45, 7) is 2.25. The molecule has 2 fully saturated rings. The Morgan fingerprint density at radius 2 is 1.40 bits per heavy atom. The van der Waals surface area contributed by atoms with E-state index in [1.807, 2.05) is 0 Å². The fourth-order valence-corrected chi connectivity index (χ4v) is 2.73. The third kappa shape index (κ3) is 2.21. The van der Waals surface area contributed by atoms with Crippen LogP contribution in [0.2, 0.25) is 0 Å². The largest absolute Gasteiger partial charge is 0.393 e. The van der Waals surface area contributed by atoms with E-state index < -0.39 is 0 Å². The average molecular weight is 210 g/mol. The van der Waals surface area contributed by atoms with Crippen molar-refractivity contribution in [1.29, 1.82) is 0 Å². The Morgan fingerprint density at radius 3 is 1.87 bits per heavy atom. The highest BCUT2D eigenvalue weighted by molar-refractivity contribution is 5.96. The van der Waals surface area contributed by atoms with Crippen molar-refractivity contribution >= 4 is 11.9 Å². The normalized spacial score (nSPS) is 37.5. The summed E-state index contributed by atoms with van der Waals surface area (Å²) in [5.41, 5.74) is 0. The predicted molar refractivity (Wildman–Crippen MR) is 54.9 cm³/mol. The third-order valence-electron chi connectivity index (χ3n) is 3.72. The van der Waals surface area contributed by atoms with Crippen LogP contribution in [0.4, 0.5) is 0 Å². The van der Waals surface area contributed by atoms with Crippen LogP contribution in [0.5, 0.6) is 0 Å². The second kappa shape index (κ2) is 4.33. The summed E-state index contributed by atoms with van der Waals surface area (Å²) in [4.78, 5) is 22.9. The van der Waals surface area contributed by atoms with Gasteiger partial charge in [-0.05, 0) is 18.8 Å². The molecule has 0 aromatic rings. The van der Waals surface area contributed by atoms with E-state index in [0.717, 1.165) is 31.6 Å². The summed E-state index contributed by atoms with van der Waals surface area (Å²) in [5.74, 6) is -0.0975. The molecule has 1 heterocycles. The Bertz CT molecular complexity index is 246. The van der Waals surface area contributed by atoms with Crippen molar-refractivity contribution in [1.82, 2.24) is 0 Å². The van der Waals surface area contributed by atoms with Crippen LogP contribution in [0.15, 0.2) is 0 Å². The van der Waals surface area contributed by atoms with Crippen molar-refractivity contribution in [3.8, 4) is 0 Å². The molecule has 0 aromatic heterocycles. The second-order valence-corrected chi connectivity index (χ2v) is 4.92. The Balaban J connectivity index is 2.06. The summed E-state index contributed by atoms with van der Waals surface area (Å²) in [7, 11) is 0. The molecule has 2 rings (SSSR count). The average Bonchev–Trinajstić information content (AvgIpc) is 2.48. The Labute approximate surface area is 90.2 Å². The van der Waals surface area contributed by atoms with Gasteiger partial charge in [0.1, 0.15) is 0 Å². The standard InChI is InChI=1S/C12H18O3/c1-8-4-2-6-9-10(7-3-5-8)12(14)15-11(9)13/h8-10H,2-7H2,1H3. The molecule has 3 heteroatoms. The fraction of sp³-hybridized carbons (Fsp3) is 0.833. The first-order valence-corrected chi connectivity index (χ1v) is 5.94. The van der Waals surface area contributed by atoms with Crippen molar-refractivity contribution < 1.29 is 14.3 Å². The van der Waals surface area contributed by atoms with Crippen LogP contribution in [0.3, 0.4) is 0 Å². The minimum absolute atomic E-state index is 0.136. The van der Waals surface area contributed by atoms with Crippen LogP contribution >= 0.6 is 0 Å². The highest BCUT2D eigenvalue weighted by Gasteiger charge is 2.43. The molecule has 84 valence electrons. The lowest BCUT2D eigenvalue weighted by Crippen LogP contribution is -2.17. The molecule has 2 aliphatic rings. The zero-order valence-electron chi connectivity index (χ0n) is 9.20. The van der Waals surface area contributed by atoms with Gasteiger partial charge in [-0.25, -0.2) is 0 Å². The van der Waals surface area contributed by atoms with Crippen LogP contribution in [-0.2, 0) is 14.3 Å². The number of hydrogen-bond donors (Lipinski definition) is 0. The van der Waals surface area contributed by atoms with E-state index >= 15 is 0 Å². The zero-order valence-corrected chi connectivity index (χ0v) is 9.20. The molecule has 1 aliphatic carbocycles. The predicted octanol–water partition coefficient (Wildman–Crippen LogP) is 2.29. The molecule has 1 saturated carbocycles. The lowest BCUT2D eigenvalue weighted by molar-refractivity contribution is -0.153. The molecule has 2 atom stereocenters. The molecule has 0 amide bonds. The van der Waals surface area contributed by atoms with E-state index in [1.54, 1.807) is 0 Å². The molecular formula is C12H18O3. The molecule has 0 bridgehead atoms. The Morgan fingerprint density at radius 1 is 0.933 bits per heavy atom. The SMILES string of the molecule is CC1CCCC2C(=O)OC(=O)C2CCC1. The van der Waals surface area contributed by atoms with Crippen molar-refractivity contribution in [2.45, 2.75) is 45.4 Å². The maximum absolute atomic E-state index is 11.4. The fourth-order valence-electron chi connectivity index (χ4n) is 2.73. The molecule has 0 aromatic carbocycles. The molecule has 0 radical (unpaired) electrons. The smallest absolute Gasteiger partial charge is 0.317 e. The first-order valence-electron chi connectivity index (χ1n) is 5.94. The lowest BCUT2D eigenvalue weighted by Gasteiger charge is -2.10. The van der Waals surface area contributed by atoms with Crippen LogP contribution in [0, 0.1) is 17.8 Å². The van der Waals surface area contributed by atoms with Crippen molar-refractivity contribution in [2.24, 2.45) is 17.8 Å². The minimum atomic E-state index is -0.278. The number of ether oxygens (including phenoxy) is 1. The number of rotatable bonds is 0. The van der Waals surface area contributed by atoms with Crippen LogP contribution in [0.25, 0.3) is 0 Å². The lowest BCUT2D eigenvalue weighted by atomic mass is 9.88. The number of carbonyl (C=O) groups excluding carboxylic acids is 2. The summed E-state index contributed by atoms with van der Waals surface area (Å²) in [6.07, 6.45) is 6.10. The summed E-state index contributed by atoms with van der Waals surface area (Å²) < 4.78 is 4.71. The Hall–Kier alpha value is -0.860. The van der Waals surface area contributed by atoms with E-state index in [9.17, 15) is 9.59 Å². The van der Waals surface area contributed by atoms with E-state index in [2.05, 4.69) is 6.92 Å². The van der Waals surface area contributed by atoms with E-state index in [0.29, 0.717) is 0 Å². The van der Waals surface area contributed by atoms with Crippen molar-refractivity contribution in [3.05, 3.63) is 0 Å². The third-order valence-corrected chi connectivity index (χ3v) is 3.72. The molecule has 1 aliphatic heterocycles. The topological polar surface area (TPSA) is 43.4 Å². The maximum Gasteiger partial charge on any atom is 0.317 e. The number of carbonyl (C=O) groups is 2. The number of hydrogen-bond acceptors (Lipinski definition) is 3. The van der Waals surface area contributed by atoms with Gasteiger partial charge in [0.25, 0.3) is 0 Å². The van der Waals surface area contributed by atoms with Gasteiger partial charge in [0.15, 0.2) is 0 Å². The highest BCUT2D eigenvalue weighted by Crippen LogP contribution is 2.34. The summed E-state index contributed by atoms with van der Waals surface area (Å²) >= 11 is 0. The first kappa shape index (κ1) is 10.7. The van der Waals surface area contributed by atoms with E-state index in [-0.39, 0.29) is 23.8 Å². The minimum Gasteiger partial charge on any atom is -0.393 e. The zero-order chi connectivity index (χ0) is 10.8. The van der Waals surface area contributed by atoms with Crippen LogP contribution in [0.1, 0.15) is 45.4 Å². The van der Waals surface area contributed by atoms with Gasteiger partial charge < -0.3 is 4.74 Å². The van der Waals surface area contributed by atoms with Crippen LogP contribution in [-0.4, -0.2) is 11.9 Å². The molecule has 1 saturated heterocycles. The van der Waals surface area contributed by atoms with Gasteiger partial charge >= 0.3 is 11.9 Å². The molecule has 3 nitrogen and oxygen atoms in total.